The molecule has 0 aromatic carbocycles. The van der Waals surface area contributed by atoms with Gasteiger partial charge in [0, 0.05) is 6.20 Å². The van der Waals surface area contributed by atoms with Gasteiger partial charge in [0.1, 0.15) is 0 Å². The van der Waals surface area contributed by atoms with E-state index in [1.807, 2.05) is 16.9 Å². The fraction of sp³-hybridized carbons (Fsp3) is 0.467. The molecule has 1 saturated carbocycles. The molecule has 0 spiro atoms. The van der Waals surface area contributed by atoms with Crippen LogP contribution in [0, 0.1) is 0 Å². The van der Waals surface area contributed by atoms with Crippen LogP contribution >= 0.6 is 22.9 Å². The van der Waals surface area contributed by atoms with Crippen molar-refractivity contribution < 1.29 is 4.79 Å². The van der Waals surface area contributed by atoms with Gasteiger partial charge in [0.15, 0.2) is 5.78 Å². The molecule has 2 aromatic rings. The summed E-state index contributed by atoms with van der Waals surface area (Å²) in [5, 5.41) is 4.57. The van der Waals surface area contributed by atoms with Crippen molar-refractivity contribution in [2.24, 2.45) is 0 Å². The normalized spacial score (nSPS) is 16.4. The first-order valence-corrected chi connectivity index (χ1v) is 8.24. The maximum Gasteiger partial charge on any atom is 0.178 e. The summed E-state index contributed by atoms with van der Waals surface area (Å²) in [7, 11) is 0. The number of ketones is 1. The summed E-state index contributed by atoms with van der Waals surface area (Å²) < 4.78 is 2.70. The van der Waals surface area contributed by atoms with Crippen LogP contribution in [0.2, 0.25) is 4.34 Å². The summed E-state index contributed by atoms with van der Waals surface area (Å²) in [6, 6.07) is 6.03. The van der Waals surface area contributed by atoms with E-state index < -0.39 is 0 Å². The topological polar surface area (TPSA) is 34.9 Å². The molecule has 0 amide bonds. The van der Waals surface area contributed by atoms with E-state index in [0.29, 0.717) is 21.7 Å². The van der Waals surface area contributed by atoms with Gasteiger partial charge >= 0.3 is 0 Å². The standard InChI is InChI=1S/C15H17ClN2OS/c16-15-7-6-14(20-15)13(19)10-11-8-9-18(17-11)12-4-2-1-3-5-12/h6-9,12H,1-5,10H2. The predicted molar refractivity (Wildman–Crippen MR) is 81.7 cm³/mol. The van der Waals surface area contributed by atoms with E-state index in [2.05, 4.69) is 5.10 Å². The van der Waals surface area contributed by atoms with E-state index in [0.717, 1.165) is 5.69 Å². The number of aromatic nitrogens is 2. The van der Waals surface area contributed by atoms with E-state index >= 15 is 0 Å². The second-order valence-corrected chi connectivity index (χ2v) is 7.00. The van der Waals surface area contributed by atoms with E-state index in [4.69, 9.17) is 11.6 Å². The minimum Gasteiger partial charge on any atom is -0.293 e. The van der Waals surface area contributed by atoms with Crippen molar-refractivity contribution in [1.82, 2.24) is 9.78 Å². The lowest BCUT2D eigenvalue weighted by Gasteiger charge is -2.21. The molecule has 5 heteroatoms. The maximum atomic E-state index is 12.1. The Morgan fingerprint density at radius 1 is 1.30 bits per heavy atom. The lowest BCUT2D eigenvalue weighted by molar-refractivity contribution is 0.0995. The average Bonchev–Trinajstić information content (AvgIpc) is 3.09. The molecule has 0 unspecified atom stereocenters. The molecule has 2 heterocycles. The number of hydrogen-bond donors (Lipinski definition) is 0. The highest BCUT2D eigenvalue weighted by Crippen LogP contribution is 2.27. The summed E-state index contributed by atoms with van der Waals surface area (Å²) in [5.41, 5.74) is 0.852. The quantitative estimate of drug-likeness (QED) is 0.778. The fourth-order valence-electron chi connectivity index (χ4n) is 2.74. The van der Waals surface area contributed by atoms with Gasteiger partial charge in [0.05, 0.1) is 27.4 Å². The summed E-state index contributed by atoms with van der Waals surface area (Å²) in [6.45, 7) is 0. The first-order chi connectivity index (χ1) is 9.72. The zero-order valence-electron chi connectivity index (χ0n) is 11.2. The SMILES string of the molecule is O=C(Cc1ccn(C2CCCCC2)n1)c1ccc(Cl)s1. The second-order valence-electron chi connectivity index (χ2n) is 5.28. The molecule has 0 saturated heterocycles. The third-order valence-electron chi connectivity index (χ3n) is 3.80. The minimum absolute atomic E-state index is 0.0933. The number of rotatable bonds is 4. The number of thiophene rings is 1. The van der Waals surface area contributed by atoms with Crippen molar-refractivity contribution in [2.45, 2.75) is 44.6 Å². The Balaban J connectivity index is 1.66. The van der Waals surface area contributed by atoms with Crippen LogP contribution in [-0.2, 0) is 6.42 Å². The molecule has 0 N–H and O–H groups in total. The zero-order valence-corrected chi connectivity index (χ0v) is 12.8. The van der Waals surface area contributed by atoms with Crippen LogP contribution in [0.4, 0.5) is 0 Å². The Kier molecular flexibility index (Phi) is 4.22. The number of carbonyl (C=O) groups excluding carboxylic acids is 1. The van der Waals surface area contributed by atoms with E-state index in [-0.39, 0.29) is 5.78 Å². The van der Waals surface area contributed by atoms with Crippen molar-refractivity contribution in [3.05, 3.63) is 39.3 Å². The Hall–Kier alpha value is -1.13. The highest BCUT2D eigenvalue weighted by molar-refractivity contribution is 7.18. The van der Waals surface area contributed by atoms with Gasteiger partial charge in [-0.25, -0.2) is 0 Å². The van der Waals surface area contributed by atoms with Gasteiger partial charge in [0.2, 0.25) is 0 Å². The molecule has 106 valence electrons. The monoisotopic (exact) mass is 308 g/mol. The van der Waals surface area contributed by atoms with Gasteiger partial charge < -0.3 is 0 Å². The number of hydrogen-bond acceptors (Lipinski definition) is 3. The molecule has 20 heavy (non-hydrogen) atoms. The largest absolute Gasteiger partial charge is 0.293 e. The molecular weight excluding hydrogens is 292 g/mol. The van der Waals surface area contributed by atoms with Crippen LogP contribution in [0.1, 0.15) is 53.5 Å². The van der Waals surface area contributed by atoms with Crippen molar-refractivity contribution in [3.63, 3.8) is 0 Å². The smallest absolute Gasteiger partial charge is 0.178 e. The van der Waals surface area contributed by atoms with E-state index in [9.17, 15) is 4.79 Å². The predicted octanol–water partition coefficient (Wildman–Crippen LogP) is 4.53. The number of nitrogens with zero attached hydrogens (tertiary/aromatic N) is 2. The van der Waals surface area contributed by atoms with Gasteiger partial charge in [-0.15, -0.1) is 11.3 Å². The van der Waals surface area contributed by atoms with Crippen molar-refractivity contribution in [2.75, 3.05) is 0 Å². The van der Waals surface area contributed by atoms with Gasteiger partial charge in [-0.1, -0.05) is 30.9 Å². The Morgan fingerprint density at radius 2 is 2.10 bits per heavy atom. The third kappa shape index (κ3) is 3.13. The first kappa shape index (κ1) is 13.8. The molecular formula is C15H17ClN2OS. The molecule has 1 aliphatic carbocycles. The number of carbonyl (C=O) groups is 1. The maximum absolute atomic E-state index is 12.1. The Morgan fingerprint density at radius 3 is 2.80 bits per heavy atom. The minimum atomic E-state index is 0.0933. The highest BCUT2D eigenvalue weighted by Gasteiger charge is 2.17. The van der Waals surface area contributed by atoms with E-state index in [1.54, 1.807) is 12.1 Å². The molecule has 3 rings (SSSR count). The molecule has 1 fully saturated rings. The molecule has 0 atom stereocenters. The van der Waals surface area contributed by atoms with Crippen molar-refractivity contribution in [1.29, 1.82) is 0 Å². The van der Waals surface area contributed by atoms with Gasteiger partial charge in [-0.2, -0.15) is 5.10 Å². The molecule has 1 aliphatic rings. The fourth-order valence-corrected chi connectivity index (χ4v) is 3.72. The zero-order chi connectivity index (χ0) is 13.9. The van der Waals surface area contributed by atoms with Crippen LogP contribution in [-0.4, -0.2) is 15.6 Å². The summed E-state index contributed by atoms with van der Waals surface area (Å²) >= 11 is 7.19. The Labute approximate surface area is 127 Å². The average molecular weight is 309 g/mol. The van der Waals surface area contributed by atoms with Crippen molar-refractivity contribution >= 4 is 28.7 Å². The molecule has 3 nitrogen and oxygen atoms in total. The summed E-state index contributed by atoms with van der Waals surface area (Å²) in [6.07, 6.45) is 8.68. The summed E-state index contributed by atoms with van der Waals surface area (Å²) in [4.78, 5) is 12.8. The number of halogens is 1. The lowest BCUT2D eigenvalue weighted by Crippen LogP contribution is -2.13. The van der Waals surface area contributed by atoms with Gasteiger partial charge in [0.25, 0.3) is 0 Å². The van der Waals surface area contributed by atoms with Crippen LogP contribution in [0.25, 0.3) is 0 Å². The third-order valence-corrected chi connectivity index (χ3v) is 5.07. The molecule has 2 aromatic heterocycles. The van der Waals surface area contributed by atoms with Crippen LogP contribution in [0.15, 0.2) is 24.4 Å². The number of Topliss-reactive ketones (excluding diaryl/α,β-unsaturated/α-hetero) is 1. The van der Waals surface area contributed by atoms with Gasteiger partial charge in [-0.3, -0.25) is 9.48 Å². The Bertz CT molecular complexity index is 599. The van der Waals surface area contributed by atoms with E-state index in [1.165, 1.54) is 43.4 Å². The van der Waals surface area contributed by atoms with Crippen LogP contribution < -0.4 is 0 Å². The first-order valence-electron chi connectivity index (χ1n) is 7.05. The lowest BCUT2D eigenvalue weighted by atomic mass is 9.96. The summed E-state index contributed by atoms with van der Waals surface area (Å²) in [5.74, 6) is 0.0933. The molecule has 0 bridgehead atoms. The van der Waals surface area contributed by atoms with Crippen molar-refractivity contribution in [3.8, 4) is 0 Å². The van der Waals surface area contributed by atoms with Crippen LogP contribution in [0.5, 0.6) is 0 Å². The van der Waals surface area contributed by atoms with Crippen LogP contribution in [0.3, 0.4) is 0 Å². The highest BCUT2D eigenvalue weighted by atomic mass is 35.5. The van der Waals surface area contributed by atoms with Gasteiger partial charge in [-0.05, 0) is 31.0 Å². The molecule has 0 radical (unpaired) electrons. The molecule has 0 aliphatic heterocycles. The second kappa shape index (κ2) is 6.10.